The lowest BCUT2D eigenvalue weighted by atomic mass is 9.64. The molecule has 26 heavy (non-hydrogen) atoms. The van der Waals surface area contributed by atoms with E-state index in [1.807, 2.05) is 24.8 Å². The molecule has 0 bridgehead atoms. The third-order valence-corrected chi connectivity index (χ3v) is 5.79. The van der Waals surface area contributed by atoms with Crippen LogP contribution in [0.1, 0.15) is 41.1 Å². The normalized spacial score (nSPS) is 24.6. The van der Waals surface area contributed by atoms with Gasteiger partial charge in [-0.3, -0.25) is 4.79 Å². The Balaban J connectivity index is 1.37. The molecule has 0 radical (unpaired) electrons. The van der Waals surface area contributed by atoms with Crippen LogP contribution in [0, 0.1) is 19.3 Å². The van der Waals surface area contributed by atoms with Crippen molar-refractivity contribution >= 4 is 11.7 Å². The number of rotatable bonds is 3. The maximum absolute atomic E-state index is 12.7. The zero-order valence-corrected chi connectivity index (χ0v) is 15.5. The standard InChI is InChI=1S/C19H24N6O/c1-13-6-17(23-12-22-13)24(3)16-7-19(8-16)4-5-25(11-19)18(26)15-9-20-14(2)21-10-15/h6,9-10,12,16H,4-5,7-8,11H2,1-3H3. The molecule has 2 fully saturated rings. The van der Waals surface area contributed by atoms with Crippen LogP contribution in [0.4, 0.5) is 5.82 Å². The van der Waals surface area contributed by atoms with Gasteiger partial charge in [0.25, 0.3) is 5.91 Å². The molecule has 1 aliphatic carbocycles. The number of likely N-dealkylation sites (tertiary alicyclic amines) is 1. The first-order chi connectivity index (χ1) is 12.5. The second kappa shape index (κ2) is 6.30. The molecule has 2 aromatic heterocycles. The number of carbonyl (C=O) groups excluding carboxylic acids is 1. The fourth-order valence-corrected chi connectivity index (χ4v) is 4.16. The Bertz CT molecular complexity index is 815. The van der Waals surface area contributed by atoms with Gasteiger partial charge in [0.1, 0.15) is 18.0 Å². The number of anilines is 1. The van der Waals surface area contributed by atoms with Gasteiger partial charge in [-0.15, -0.1) is 0 Å². The highest BCUT2D eigenvalue weighted by Gasteiger charge is 2.50. The van der Waals surface area contributed by atoms with E-state index >= 15 is 0 Å². The maximum Gasteiger partial charge on any atom is 0.257 e. The third kappa shape index (κ3) is 3.02. The van der Waals surface area contributed by atoms with E-state index in [1.165, 1.54) is 0 Å². The number of amides is 1. The van der Waals surface area contributed by atoms with Crippen LogP contribution in [0.5, 0.6) is 0 Å². The number of hydrogen-bond acceptors (Lipinski definition) is 6. The van der Waals surface area contributed by atoms with Gasteiger partial charge >= 0.3 is 0 Å². The SMILES string of the molecule is Cc1cc(N(C)C2CC3(CCN(C(=O)c4cnc(C)nc4)C3)C2)ncn1. The average molecular weight is 352 g/mol. The highest BCUT2D eigenvalue weighted by Crippen LogP contribution is 2.50. The predicted molar refractivity (Wildman–Crippen MR) is 97.9 cm³/mol. The Labute approximate surface area is 153 Å². The van der Waals surface area contributed by atoms with E-state index in [0.29, 0.717) is 17.4 Å². The van der Waals surface area contributed by atoms with E-state index in [2.05, 4.69) is 31.9 Å². The summed E-state index contributed by atoms with van der Waals surface area (Å²) in [6.07, 6.45) is 8.14. The topological polar surface area (TPSA) is 75.1 Å². The average Bonchev–Trinajstić information content (AvgIpc) is 3.06. The van der Waals surface area contributed by atoms with Gasteiger partial charge in [0.15, 0.2) is 0 Å². The number of aryl methyl sites for hydroxylation is 2. The summed E-state index contributed by atoms with van der Waals surface area (Å²) in [5, 5.41) is 0. The molecule has 0 unspecified atom stereocenters. The number of hydrogen-bond donors (Lipinski definition) is 0. The lowest BCUT2D eigenvalue weighted by molar-refractivity contribution is 0.0698. The van der Waals surface area contributed by atoms with E-state index in [4.69, 9.17) is 0 Å². The third-order valence-electron chi connectivity index (χ3n) is 5.79. The van der Waals surface area contributed by atoms with Gasteiger partial charge in [0.05, 0.1) is 5.56 Å². The quantitative estimate of drug-likeness (QED) is 0.841. The second-order valence-corrected chi connectivity index (χ2v) is 7.69. The Morgan fingerprint density at radius 3 is 2.62 bits per heavy atom. The van der Waals surface area contributed by atoms with E-state index in [9.17, 15) is 4.79 Å². The molecule has 1 amide bonds. The molecule has 136 valence electrons. The molecule has 0 atom stereocenters. The molecular weight excluding hydrogens is 328 g/mol. The van der Waals surface area contributed by atoms with Crippen molar-refractivity contribution < 1.29 is 4.79 Å². The molecule has 0 aromatic carbocycles. The maximum atomic E-state index is 12.7. The van der Waals surface area contributed by atoms with Crippen LogP contribution < -0.4 is 4.90 Å². The second-order valence-electron chi connectivity index (χ2n) is 7.69. The van der Waals surface area contributed by atoms with E-state index in [-0.39, 0.29) is 11.3 Å². The summed E-state index contributed by atoms with van der Waals surface area (Å²) in [4.78, 5) is 33.7. The molecule has 7 nitrogen and oxygen atoms in total. The first-order valence-corrected chi connectivity index (χ1v) is 9.05. The van der Waals surface area contributed by atoms with Gasteiger partial charge < -0.3 is 9.80 Å². The Kier molecular flexibility index (Phi) is 4.09. The van der Waals surface area contributed by atoms with Crippen molar-refractivity contribution in [2.75, 3.05) is 25.0 Å². The molecule has 1 aliphatic heterocycles. The Morgan fingerprint density at radius 1 is 1.19 bits per heavy atom. The van der Waals surface area contributed by atoms with Crippen LogP contribution in [0.3, 0.4) is 0 Å². The number of carbonyl (C=O) groups is 1. The zero-order chi connectivity index (χ0) is 18.3. The van der Waals surface area contributed by atoms with Crippen molar-refractivity contribution in [3.8, 4) is 0 Å². The molecule has 1 saturated heterocycles. The van der Waals surface area contributed by atoms with Crippen molar-refractivity contribution in [3.05, 3.63) is 41.9 Å². The van der Waals surface area contributed by atoms with Crippen LogP contribution in [0.15, 0.2) is 24.8 Å². The van der Waals surface area contributed by atoms with Crippen molar-refractivity contribution in [2.24, 2.45) is 5.41 Å². The van der Waals surface area contributed by atoms with Crippen LogP contribution in [-0.2, 0) is 0 Å². The fourth-order valence-electron chi connectivity index (χ4n) is 4.16. The van der Waals surface area contributed by atoms with Gasteiger partial charge in [0, 0.05) is 50.3 Å². The molecule has 7 heteroatoms. The van der Waals surface area contributed by atoms with Gasteiger partial charge in [0.2, 0.25) is 0 Å². The molecule has 2 aromatic rings. The van der Waals surface area contributed by atoms with Gasteiger partial charge in [-0.25, -0.2) is 19.9 Å². The Morgan fingerprint density at radius 2 is 1.92 bits per heavy atom. The van der Waals surface area contributed by atoms with E-state index in [1.54, 1.807) is 18.7 Å². The van der Waals surface area contributed by atoms with Crippen molar-refractivity contribution in [3.63, 3.8) is 0 Å². The summed E-state index contributed by atoms with van der Waals surface area (Å²) in [7, 11) is 2.10. The summed E-state index contributed by atoms with van der Waals surface area (Å²) in [6.45, 7) is 5.45. The summed E-state index contributed by atoms with van der Waals surface area (Å²) < 4.78 is 0. The highest BCUT2D eigenvalue weighted by molar-refractivity contribution is 5.93. The predicted octanol–water partition coefficient (Wildman–Crippen LogP) is 2.01. The van der Waals surface area contributed by atoms with Crippen LogP contribution in [-0.4, -0.2) is 56.9 Å². The molecule has 3 heterocycles. The van der Waals surface area contributed by atoms with E-state index in [0.717, 1.165) is 43.9 Å². The largest absolute Gasteiger partial charge is 0.357 e. The van der Waals surface area contributed by atoms with Crippen molar-refractivity contribution in [1.29, 1.82) is 0 Å². The molecule has 1 saturated carbocycles. The van der Waals surface area contributed by atoms with Crippen LogP contribution in [0.2, 0.25) is 0 Å². The monoisotopic (exact) mass is 352 g/mol. The fraction of sp³-hybridized carbons (Fsp3) is 0.526. The Hall–Kier alpha value is -2.57. The zero-order valence-electron chi connectivity index (χ0n) is 15.5. The van der Waals surface area contributed by atoms with E-state index < -0.39 is 0 Å². The first-order valence-electron chi connectivity index (χ1n) is 9.05. The summed E-state index contributed by atoms with van der Waals surface area (Å²) >= 11 is 0. The lowest BCUT2D eigenvalue weighted by Crippen LogP contribution is -2.51. The molecule has 2 aliphatic rings. The summed E-state index contributed by atoms with van der Waals surface area (Å²) in [5.41, 5.74) is 1.81. The first kappa shape index (κ1) is 16.9. The van der Waals surface area contributed by atoms with Gasteiger partial charge in [-0.05, 0) is 38.5 Å². The number of aromatic nitrogens is 4. The van der Waals surface area contributed by atoms with Gasteiger partial charge in [-0.1, -0.05) is 0 Å². The number of nitrogens with zero attached hydrogens (tertiary/aromatic N) is 6. The summed E-state index contributed by atoms with van der Waals surface area (Å²) in [6, 6.07) is 2.49. The molecule has 0 N–H and O–H groups in total. The highest BCUT2D eigenvalue weighted by atomic mass is 16.2. The smallest absolute Gasteiger partial charge is 0.257 e. The minimum absolute atomic E-state index is 0.0464. The van der Waals surface area contributed by atoms with Gasteiger partial charge in [-0.2, -0.15) is 0 Å². The molecular formula is C19H24N6O. The minimum atomic E-state index is 0.0464. The van der Waals surface area contributed by atoms with Crippen molar-refractivity contribution in [2.45, 2.75) is 39.2 Å². The van der Waals surface area contributed by atoms with Crippen LogP contribution in [0.25, 0.3) is 0 Å². The molecule has 1 spiro atoms. The lowest BCUT2D eigenvalue weighted by Gasteiger charge is -2.49. The van der Waals surface area contributed by atoms with Crippen LogP contribution >= 0.6 is 0 Å². The minimum Gasteiger partial charge on any atom is -0.357 e. The van der Waals surface area contributed by atoms with Crippen molar-refractivity contribution in [1.82, 2.24) is 24.8 Å². The molecule has 4 rings (SSSR count). The summed E-state index contributed by atoms with van der Waals surface area (Å²) in [5.74, 6) is 1.70.